The molecule has 1 aliphatic heterocycles. The second kappa shape index (κ2) is 9.65. The van der Waals surface area contributed by atoms with Gasteiger partial charge in [0.25, 0.3) is 10.0 Å². The van der Waals surface area contributed by atoms with Gasteiger partial charge in [-0.25, -0.2) is 8.42 Å². The molecule has 0 amide bonds. The third-order valence-corrected chi connectivity index (χ3v) is 8.62. The summed E-state index contributed by atoms with van der Waals surface area (Å²) >= 11 is 3.54. The van der Waals surface area contributed by atoms with Crippen LogP contribution in [0, 0.1) is 6.92 Å². The highest BCUT2D eigenvalue weighted by atomic mass is 32.2. The SMILES string of the molecule is Cc1ccc(S(=O)(=O)Nc2ccc(SC3=CCC(=NC4SCCN4C)C=C3)cc2)cc1. The molecule has 0 aromatic heterocycles. The lowest BCUT2D eigenvalue weighted by atomic mass is 10.1. The van der Waals surface area contributed by atoms with Crippen molar-refractivity contribution in [1.82, 2.24) is 4.90 Å². The third kappa shape index (κ3) is 5.83. The predicted molar refractivity (Wildman–Crippen MR) is 132 cm³/mol. The molecule has 1 unspecified atom stereocenters. The van der Waals surface area contributed by atoms with Gasteiger partial charge in [0.1, 0.15) is 5.50 Å². The van der Waals surface area contributed by atoms with Crippen molar-refractivity contribution < 1.29 is 8.42 Å². The van der Waals surface area contributed by atoms with Crippen molar-refractivity contribution in [3.8, 4) is 0 Å². The molecule has 5 nitrogen and oxygen atoms in total. The highest BCUT2D eigenvalue weighted by Gasteiger charge is 2.21. The van der Waals surface area contributed by atoms with E-state index in [1.54, 1.807) is 48.2 Å². The molecule has 1 N–H and O–H groups in total. The molecule has 2 aromatic rings. The van der Waals surface area contributed by atoms with Gasteiger partial charge < -0.3 is 0 Å². The standard InChI is InChI=1S/C23H25N3O2S3/c1-17-3-13-22(14-4-17)31(27,28)25-19-7-11-21(12-8-19)30-20-9-5-18(6-10-20)24-23-26(2)15-16-29-23/h3-5,7-14,23,25H,6,15-16H2,1-2H3. The van der Waals surface area contributed by atoms with Gasteiger partial charge in [-0.15, -0.1) is 11.8 Å². The molecule has 1 aliphatic carbocycles. The third-order valence-electron chi connectivity index (χ3n) is 4.99. The highest BCUT2D eigenvalue weighted by Crippen LogP contribution is 2.31. The largest absolute Gasteiger partial charge is 0.280 e. The highest BCUT2D eigenvalue weighted by molar-refractivity contribution is 8.03. The molecule has 2 aromatic carbocycles. The van der Waals surface area contributed by atoms with Crippen LogP contribution in [-0.4, -0.2) is 43.9 Å². The zero-order chi connectivity index (χ0) is 21.8. The van der Waals surface area contributed by atoms with Gasteiger partial charge in [0.15, 0.2) is 0 Å². The van der Waals surface area contributed by atoms with Crippen LogP contribution in [0.1, 0.15) is 12.0 Å². The summed E-state index contributed by atoms with van der Waals surface area (Å²) in [5.41, 5.74) is 2.91. The van der Waals surface area contributed by atoms with Crippen LogP contribution in [0.3, 0.4) is 0 Å². The van der Waals surface area contributed by atoms with Gasteiger partial charge in [-0.1, -0.05) is 35.5 Å². The van der Waals surface area contributed by atoms with E-state index in [9.17, 15) is 8.42 Å². The van der Waals surface area contributed by atoms with Gasteiger partial charge in [-0.05, 0) is 62.5 Å². The van der Waals surface area contributed by atoms with Crippen LogP contribution in [0.4, 0.5) is 5.69 Å². The minimum Gasteiger partial charge on any atom is -0.280 e. The Morgan fingerprint density at radius 3 is 2.45 bits per heavy atom. The van der Waals surface area contributed by atoms with Crippen molar-refractivity contribution in [2.75, 3.05) is 24.1 Å². The molecule has 1 atom stereocenters. The van der Waals surface area contributed by atoms with E-state index in [1.807, 2.05) is 30.8 Å². The summed E-state index contributed by atoms with van der Waals surface area (Å²) in [6, 6.07) is 14.3. The van der Waals surface area contributed by atoms with Crippen molar-refractivity contribution in [3.05, 3.63) is 77.2 Å². The molecule has 0 saturated carbocycles. The molecule has 1 fully saturated rings. The van der Waals surface area contributed by atoms with E-state index in [4.69, 9.17) is 4.99 Å². The van der Waals surface area contributed by atoms with E-state index in [2.05, 4.69) is 34.9 Å². The van der Waals surface area contributed by atoms with E-state index in [-0.39, 0.29) is 10.4 Å². The number of allylic oxidation sites excluding steroid dienone is 3. The van der Waals surface area contributed by atoms with Crippen LogP contribution in [0.2, 0.25) is 0 Å². The lowest BCUT2D eigenvalue weighted by Crippen LogP contribution is -2.22. The minimum atomic E-state index is -3.59. The Kier molecular flexibility index (Phi) is 6.91. The Hall–Kier alpha value is -2.00. The first-order chi connectivity index (χ1) is 14.9. The molecule has 1 heterocycles. The van der Waals surface area contributed by atoms with Crippen LogP contribution in [0.25, 0.3) is 0 Å². The average molecular weight is 472 g/mol. The fourth-order valence-corrected chi connectivity index (χ4v) is 6.25. The first-order valence-corrected chi connectivity index (χ1v) is 13.4. The molecule has 4 rings (SSSR count). The molecule has 0 radical (unpaired) electrons. The number of anilines is 1. The Balaban J connectivity index is 1.35. The van der Waals surface area contributed by atoms with Crippen molar-refractivity contribution >= 4 is 44.9 Å². The lowest BCUT2D eigenvalue weighted by molar-refractivity contribution is 0.360. The Morgan fingerprint density at radius 1 is 1.10 bits per heavy atom. The maximum atomic E-state index is 12.5. The van der Waals surface area contributed by atoms with Crippen molar-refractivity contribution in [2.45, 2.75) is 28.6 Å². The molecule has 1 saturated heterocycles. The first-order valence-electron chi connectivity index (χ1n) is 10.0. The molecule has 2 aliphatic rings. The van der Waals surface area contributed by atoms with Gasteiger partial charge in [0.05, 0.1) is 4.90 Å². The van der Waals surface area contributed by atoms with Crippen molar-refractivity contribution in [1.29, 1.82) is 0 Å². The summed E-state index contributed by atoms with van der Waals surface area (Å²) in [6.07, 6.45) is 7.22. The van der Waals surface area contributed by atoms with Gasteiger partial charge in [0.2, 0.25) is 0 Å². The molecular formula is C23H25N3O2S3. The molecule has 0 spiro atoms. The lowest BCUT2D eigenvalue weighted by Gasteiger charge is -2.16. The van der Waals surface area contributed by atoms with Crippen LogP contribution in [0.5, 0.6) is 0 Å². The van der Waals surface area contributed by atoms with E-state index >= 15 is 0 Å². The van der Waals surface area contributed by atoms with Crippen molar-refractivity contribution in [3.63, 3.8) is 0 Å². The molecule has 31 heavy (non-hydrogen) atoms. The zero-order valence-electron chi connectivity index (χ0n) is 17.5. The smallest absolute Gasteiger partial charge is 0.261 e. The van der Waals surface area contributed by atoms with Crippen LogP contribution < -0.4 is 4.72 Å². The van der Waals surface area contributed by atoms with Crippen LogP contribution in [-0.2, 0) is 10.0 Å². The number of nitrogens with zero attached hydrogens (tertiary/aromatic N) is 2. The van der Waals surface area contributed by atoms with Crippen LogP contribution in [0.15, 0.2) is 86.4 Å². The number of benzene rings is 2. The first kappa shape index (κ1) is 22.2. The number of sulfonamides is 1. The fourth-order valence-electron chi connectivity index (χ4n) is 3.17. The quantitative estimate of drug-likeness (QED) is 0.632. The minimum absolute atomic E-state index is 0.235. The maximum Gasteiger partial charge on any atom is 0.261 e. The molecular weight excluding hydrogens is 446 g/mol. The van der Waals surface area contributed by atoms with E-state index in [0.717, 1.165) is 34.9 Å². The van der Waals surface area contributed by atoms with E-state index < -0.39 is 10.0 Å². The van der Waals surface area contributed by atoms with E-state index in [1.165, 1.54) is 4.91 Å². The van der Waals surface area contributed by atoms with Gasteiger partial charge >= 0.3 is 0 Å². The molecule has 0 bridgehead atoms. The number of nitrogens with one attached hydrogen (secondary N) is 1. The maximum absolute atomic E-state index is 12.5. The van der Waals surface area contributed by atoms with Gasteiger partial charge in [0, 0.05) is 39.9 Å². The van der Waals surface area contributed by atoms with E-state index in [0.29, 0.717) is 5.69 Å². The Bertz CT molecular complexity index is 1120. The number of hydrogen-bond acceptors (Lipinski definition) is 6. The average Bonchev–Trinajstić information content (AvgIpc) is 3.15. The fraction of sp³-hybridized carbons (Fsp3) is 0.261. The van der Waals surface area contributed by atoms with Crippen molar-refractivity contribution in [2.24, 2.45) is 4.99 Å². The second-order valence-corrected chi connectivity index (χ2v) is 11.5. The molecule has 162 valence electrons. The van der Waals surface area contributed by atoms with Gasteiger partial charge in [-0.3, -0.25) is 14.6 Å². The normalized spacial score (nSPS) is 20.8. The number of hydrogen-bond donors (Lipinski definition) is 1. The summed E-state index contributed by atoms with van der Waals surface area (Å²) in [7, 11) is -1.47. The number of aryl methyl sites for hydroxylation is 1. The summed E-state index contributed by atoms with van der Waals surface area (Å²) in [6.45, 7) is 3.02. The Labute approximate surface area is 192 Å². The number of aliphatic imine (C=N–C) groups is 1. The second-order valence-electron chi connectivity index (χ2n) is 7.49. The molecule has 8 heteroatoms. The predicted octanol–water partition coefficient (Wildman–Crippen LogP) is 5.13. The number of thioether (sulfide) groups is 2. The topological polar surface area (TPSA) is 61.8 Å². The Morgan fingerprint density at radius 2 is 1.84 bits per heavy atom. The van der Waals surface area contributed by atoms with Crippen LogP contribution >= 0.6 is 23.5 Å². The monoisotopic (exact) mass is 471 g/mol. The zero-order valence-corrected chi connectivity index (χ0v) is 19.9. The summed E-state index contributed by atoms with van der Waals surface area (Å²) < 4.78 is 27.7. The number of rotatable bonds is 6. The van der Waals surface area contributed by atoms with Gasteiger partial charge in [-0.2, -0.15) is 0 Å². The summed E-state index contributed by atoms with van der Waals surface area (Å²) in [4.78, 5) is 9.58. The summed E-state index contributed by atoms with van der Waals surface area (Å²) in [5, 5.41) is 0. The summed E-state index contributed by atoms with van der Waals surface area (Å²) in [5.74, 6) is 1.13.